The van der Waals surface area contributed by atoms with Crippen molar-refractivity contribution in [1.29, 1.82) is 5.26 Å². The van der Waals surface area contributed by atoms with Crippen molar-refractivity contribution in [3.05, 3.63) is 91.3 Å². The van der Waals surface area contributed by atoms with Gasteiger partial charge in [0.05, 0.1) is 35.5 Å². The number of carbonyl (C=O) groups excluding carboxylic acids is 1. The van der Waals surface area contributed by atoms with Crippen LogP contribution < -0.4 is 14.9 Å². The van der Waals surface area contributed by atoms with Crippen molar-refractivity contribution in [1.82, 2.24) is 5.43 Å². The highest BCUT2D eigenvalue weighted by molar-refractivity contribution is 14.1. The number of nitrogens with zero attached hydrogens (tertiary/aromatic N) is 2. The van der Waals surface area contributed by atoms with Crippen molar-refractivity contribution in [2.75, 3.05) is 7.11 Å². The zero-order valence-corrected chi connectivity index (χ0v) is 19.6. The monoisotopic (exact) mass is 563 g/mol. The lowest BCUT2D eigenvalue weighted by molar-refractivity contribution is 0.0951. The van der Waals surface area contributed by atoms with Crippen molar-refractivity contribution < 1.29 is 18.7 Å². The molecule has 9 heteroatoms. The highest BCUT2D eigenvalue weighted by Gasteiger charge is 2.13. The first-order valence-electron chi connectivity index (χ1n) is 9.19. The molecule has 0 radical (unpaired) electrons. The number of methoxy groups -OCH3 is 1. The number of benzene rings is 3. The Balaban J connectivity index is 1.69. The lowest BCUT2D eigenvalue weighted by atomic mass is 10.1. The summed E-state index contributed by atoms with van der Waals surface area (Å²) in [7, 11) is 1.49. The molecule has 0 heterocycles. The van der Waals surface area contributed by atoms with E-state index in [1.165, 1.54) is 25.5 Å². The molecule has 0 spiro atoms. The second-order valence-corrected chi connectivity index (χ2v) is 8.11. The number of nitriles is 1. The molecule has 0 saturated carbocycles. The molecule has 3 aromatic rings. The van der Waals surface area contributed by atoms with Gasteiger partial charge in [-0.15, -0.1) is 0 Å². The molecule has 0 unspecified atom stereocenters. The van der Waals surface area contributed by atoms with Gasteiger partial charge in [0, 0.05) is 3.57 Å². The van der Waals surface area contributed by atoms with E-state index < -0.39 is 11.7 Å². The van der Waals surface area contributed by atoms with Crippen LogP contribution in [0, 0.1) is 20.7 Å². The number of ether oxygens (including phenoxy) is 2. The third kappa shape index (κ3) is 5.96. The fourth-order valence-electron chi connectivity index (χ4n) is 2.68. The van der Waals surface area contributed by atoms with E-state index in [4.69, 9.17) is 26.3 Å². The van der Waals surface area contributed by atoms with Crippen LogP contribution in [0.25, 0.3) is 0 Å². The van der Waals surface area contributed by atoms with E-state index in [-0.39, 0.29) is 11.1 Å². The summed E-state index contributed by atoms with van der Waals surface area (Å²) < 4.78 is 26.3. The van der Waals surface area contributed by atoms with Gasteiger partial charge in [-0.25, -0.2) is 9.82 Å². The Kier molecular flexibility index (Phi) is 8.03. The molecule has 1 amide bonds. The molecule has 162 valence electrons. The third-order valence-electron chi connectivity index (χ3n) is 4.27. The highest BCUT2D eigenvalue weighted by atomic mass is 127. The first-order chi connectivity index (χ1) is 15.4. The second kappa shape index (κ2) is 10.9. The van der Waals surface area contributed by atoms with Gasteiger partial charge < -0.3 is 9.47 Å². The Morgan fingerprint density at radius 1 is 1.25 bits per heavy atom. The summed E-state index contributed by atoms with van der Waals surface area (Å²) in [5, 5.41) is 12.9. The molecule has 3 aromatic carbocycles. The summed E-state index contributed by atoms with van der Waals surface area (Å²) in [6.45, 7) is 0.312. The lowest BCUT2D eigenvalue weighted by Crippen LogP contribution is -2.19. The van der Waals surface area contributed by atoms with Gasteiger partial charge in [0.15, 0.2) is 11.5 Å². The van der Waals surface area contributed by atoms with Crippen molar-refractivity contribution in [2.45, 2.75) is 6.61 Å². The van der Waals surface area contributed by atoms with E-state index in [1.54, 1.807) is 18.2 Å². The predicted octanol–water partition coefficient (Wildman–Crippen LogP) is 5.31. The maximum absolute atomic E-state index is 13.9. The fraction of sp³-hybridized carbons (Fsp3) is 0.0870. The second-order valence-electron chi connectivity index (χ2n) is 6.45. The van der Waals surface area contributed by atoms with Crippen LogP contribution >= 0.6 is 34.2 Å². The third-order valence-corrected chi connectivity index (χ3v) is 5.27. The number of hydrazone groups is 1. The molecular weight excluding hydrogens is 548 g/mol. The fourth-order valence-corrected chi connectivity index (χ4v) is 3.32. The number of hydrogen-bond acceptors (Lipinski definition) is 5. The average Bonchev–Trinajstić information content (AvgIpc) is 2.78. The van der Waals surface area contributed by atoms with Crippen LogP contribution in [0.4, 0.5) is 4.39 Å². The molecule has 0 aliphatic heterocycles. The molecule has 0 atom stereocenters. The van der Waals surface area contributed by atoms with Crippen LogP contribution in [0.15, 0.2) is 59.7 Å². The van der Waals surface area contributed by atoms with E-state index in [0.29, 0.717) is 28.7 Å². The molecule has 0 fully saturated rings. The van der Waals surface area contributed by atoms with Crippen LogP contribution in [-0.2, 0) is 6.61 Å². The van der Waals surface area contributed by atoms with Gasteiger partial charge in [-0.3, -0.25) is 4.79 Å². The summed E-state index contributed by atoms with van der Waals surface area (Å²) in [4.78, 5) is 12.1. The Morgan fingerprint density at radius 2 is 2.00 bits per heavy atom. The van der Waals surface area contributed by atoms with Crippen molar-refractivity contribution >= 4 is 46.3 Å². The summed E-state index contributed by atoms with van der Waals surface area (Å²) in [5.74, 6) is -0.780. The van der Waals surface area contributed by atoms with Crippen molar-refractivity contribution in [3.63, 3.8) is 0 Å². The first kappa shape index (κ1) is 23.5. The Morgan fingerprint density at radius 3 is 2.66 bits per heavy atom. The van der Waals surface area contributed by atoms with Crippen molar-refractivity contribution in [3.8, 4) is 17.6 Å². The van der Waals surface area contributed by atoms with Gasteiger partial charge in [0.1, 0.15) is 12.4 Å². The number of amides is 1. The van der Waals surface area contributed by atoms with Gasteiger partial charge >= 0.3 is 0 Å². The van der Waals surface area contributed by atoms with Gasteiger partial charge in [-0.1, -0.05) is 23.7 Å². The van der Waals surface area contributed by atoms with Crippen LogP contribution in [-0.4, -0.2) is 19.2 Å². The molecule has 3 rings (SSSR count). The maximum Gasteiger partial charge on any atom is 0.274 e. The smallest absolute Gasteiger partial charge is 0.274 e. The van der Waals surface area contributed by atoms with Crippen LogP contribution in [0.1, 0.15) is 27.0 Å². The Hall–Kier alpha value is -3.16. The predicted molar refractivity (Wildman–Crippen MR) is 128 cm³/mol. The molecule has 32 heavy (non-hydrogen) atoms. The average molecular weight is 564 g/mol. The normalized spacial score (nSPS) is 10.6. The molecule has 0 aliphatic carbocycles. The number of nitrogens with one attached hydrogen (secondary N) is 1. The molecule has 6 nitrogen and oxygen atoms in total. The number of halogens is 3. The largest absolute Gasteiger partial charge is 0.493 e. The zero-order chi connectivity index (χ0) is 23.1. The highest BCUT2D eigenvalue weighted by Crippen LogP contribution is 2.36. The number of rotatable bonds is 7. The van der Waals surface area contributed by atoms with E-state index in [2.05, 4.69) is 33.1 Å². The minimum atomic E-state index is -0.809. The molecule has 0 bridgehead atoms. The van der Waals surface area contributed by atoms with E-state index in [1.807, 2.05) is 24.3 Å². The summed E-state index contributed by atoms with van der Waals surface area (Å²) in [6, 6.07) is 16.5. The number of hydrogen-bond donors (Lipinski definition) is 1. The Bertz CT molecular complexity index is 1210. The first-order valence-corrected chi connectivity index (χ1v) is 10.6. The molecule has 0 aromatic heterocycles. The molecule has 0 aliphatic rings. The lowest BCUT2D eigenvalue weighted by Gasteiger charge is -2.13. The topological polar surface area (TPSA) is 83.7 Å². The van der Waals surface area contributed by atoms with Crippen LogP contribution in [0.5, 0.6) is 11.5 Å². The van der Waals surface area contributed by atoms with Crippen LogP contribution in [0.2, 0.25) is 5.02 Å². The SMILES string of the molecule is COc1cc(/C=N\NC(=O)c2ccc(C#N)cc2F)cc(Cl)c1OCc1ccc(I)cc1. The summed E-state index contributed by atoms with van der Waals surface area (Å²) >= 11 is 8.59. The van der Waals surface area contributed by atoms with Crippen LogP contribution in [0.3, 0.4) is 0 Å². The number of carbonyl (C=O) groups is 1. The van der Waals surface area contributed by atoms with Gasteiger partial charge in [-0.05, 0) is 76.2 Å². The van der Waals surface area contributed by atoms with Gasteiger partial charge in [-0.2, -0.15) is 10.4 Å². The van der Waals surface area contributed by atoms with E-state index >= 15 is 0 Å². The molecular formula is C23H16ClFIN3O3. The maximum atomic E-state index is 13.9. The molecule has 1 N–H and O–H groups in total. The van der Waals surface area contributed by atoms with E-state index in [0.717, 1.165) is 15.2 Å². The van der Waals surface area contributed by atoms with Gasteiger partial charge in [0.25, 0.3) is 5.91 Å². The summed E-state index contributed by atoms with van der Waals surface area (Å²) in [6.07, 6.45) is 1.34. The zero-order valence-electron chi connectivity index (χ0n) is 16.7. The van der Waals surface area contributed by atoms with E-state index in [9.17, 15) is 9.18 Å². The minimum absolute atomic E-state index is 0.119. The van der Waals surface area contributed by atoms with Gasteiger partial charge in [0.2, 0.25) is 0 Å². The quantitative estimate of drug-likeness (QED) is 0.240. The minimum Gasteiger partial charge on any atom is -0.493 e. The van der Waals surface area contributed by atoms with Crippen molar-refractivity contribution in [2.24, 2.45) is 5.10 Å². The standard InChI is InChI=1S/C23H16ClFIN3O3/c1-31-21-10-16(8-19(24)22(21)32-13-14-2-5-17(26)6-3-14)12-28-29-23(30)18-7-4-15(11-27)9-20(18)25/h2-10,12H,13H2,1H3,(H,29,30)/b28-12-. The summed E-state index contributed by atoms with van der Waals surface area (Å²) in [5.41, 5.74) is 3.65. The Labute approximate surface area is 202 Å². The molecule has 0 saturated heterocycles.